The van der Waals surface area contributed by atoms with E-state index in [2.05, 4.69) is 25.9 Å². The van der Waals surface area contributed by atoms with Crippen LogP contribution in [0.3, 0.4) is 0 Å². The highest BCUT2D eigenvalue weighted by molar-refractivity contribution is 6.04. The van der Waals surface area contributed by atoms with Crippen molar-refractivity contribution in [1.29, 1.82) is 0 Å². The lowest BCUT2D eigenvalue weighted by Gasteiger charge is -2.11. The fourth-order valence-corrected chi connectivity index (χ4v) is 2.56. The summed E-state index contributed by atoms with van der Waals surface area (Å²) < 4.78 is 5.56. The van der Waals surface area contributed by atoms with Crippen LogP contribution in [0.2, 0.25) is 0 Å². The van der Waals surface area contributed by atoms with Crippen molar-refractivity contribution in [2.75, 3.05) is 22.6 Å². The van der Waals surface area contributed by atoms with Crippen LogP contribution < -0.4 is 20.7 Å². The van der Waals surface area contributed by atoms with E-state index in [1.807, 2.05) is 31.2 Å². The molecule has 3 aromatic rings. The summed E-state index contributed by atoms with van der Waals surface area (Å²) in [5.41, 5.74) is 2.19. The van der Waals surface area contributed by atoms with E-state index in [0.717, 1.165) is 5.69 Å². The van der Waals surface area contributed by atoms with Gasteiger partial charge in [-0.2, -0.15) is 0 Å². The number of anilines is 4. The van der Waals surface area contributed by atoms with E-state index in [-0.39, 0.29) is 11.8 Å². The number of rotatable bonds is 7. The fourth-order valence-electron chi connectivity index (χ4n) is 2.56. The third kappa shape index (κ3) is 5.52. The molecule has 0 unspecified atom stereocenters. The van der Waals surface area contributed by atoms with Crippen molar-refractivity contribution in [3.05, 3.63) is 66.5 Å². The second kappa shape index (κ2) is 9.32. The molecule has 148 valence electrons. The summed E-state index contributed by atoms with van der Waals surface area (Å²) in [6.45, 7) is 3.87. The van der Waals surface area contributed by atoms with E-state index in [9.17, 15) is 9.59 Å². The average Bonchev–Trinajstić information content (AvgIpc) is 2.70. The number of amides is 2. The van der Waals surface area contributed by atoms with Crippen LogP contribution >= 0.6 is 0 Å². The Labute approximate surface area is 168 Å². The summed E-state index contributed by atoms with van der Waals surface area (Å²) in [4.78, 5) is 32.0. The van der Waals surface area contributed by atoms with Crippen LogP contribution in [-0.2, 0) is 4.79 Å². The van der Waals surface area contributed by atoms with Gasteiger partial charge in [0.05, 0.1) is 17.9 Å². The zero-order valence-corrected chi connectivity index (χ0v) is 16.1. The first kappa shape index (κ1) is 19.8. The maximum absolute atomic E-state index is 12.4. The van der Waals surface area contributed by atoms with Gasteiger partial charge in [-0.1, -0.05) is 18.2 Å². The van der Waals surface area contributed by atoms with Gasteiger partial charge in [0.25, 0.3) is 5.91 Å². The summed E-state index contributed by atoms with van der Waals surface area (Å²) in [6.07, 6.45) is 2.87. The van der Waals surface area contributed by atoms with Gasteiger partial charge in [0, 0.05) is 30.7 Å². The van der Waals surface area contributed by atoms with Gasteiger partial charge in [0.15, 0.2) is 0 Å². The number of carbonyl (C=O) groups excluding carboxylic acids is 2. The van der Waals surface area contributed by atoms with Crippen molar-refractivity contribution in [2.45, 2.75) is 13.8 Å². The number of ether oxygens (including phenoxy) is 1. The van der Waals surface area contributed by atoms with Crippen LogP contribution in [0.5, 0.6) is 5.75 Å². The Balaban J connectivity index is 1.67. The number of nitrogens with zero attached hydrogens (tertiary/aromatic N) is 2. The number of hydrogen-bond acceptors (Lipinski definition) is 6. The van der Waals surface area contributed by atoms with E-state index in [1.54, 1.807) is 24.3 Å². The molecule has 3 rings (SSSR count). The molecule has 2 aromatic carbocycles. The molecule has 2 amide bonds. The monoisotopic (exact) mass is 391 g/mol. The first-order valence-electron chi connectivity index (χ1n) is 9.05. The minimum Gasteiger partial charge on any atom is -0.492 e. The molecular weight excluding hydrogens is 370 g/mol. The van der Waals surface area contributed by atoms with Crippen LogP contribution in [-0.4, -0.2) is 28.4 Å². The van der Waals surface area contributed by atoms with Gasteiger partial charge in [-0.05, 0) is 37.3 Å². The summed E-state index contributed by atoms with van der Waals surface area (Å²) in [5, 5.41) is 8.50. The largest absolute Gasteiger partial charge is 0.492 e. The van der Waals surface area contributed by atoms with Gasteiger partial charge < -0.3 is 20.7 Å². The van der Waals surface area contributed by atoms with E-state index < -0.39 is 0 Å². The van der Waals surface area contributed by atoms with Crippen LogP contribution in [0.4, 0.5) is 23.0 Å². The van der Waals surface area contributed by atoms with Gasteiger partial charge in [-0.3, -0.25) is 9.59 Å². The van der Waals surface area contributed by atoms with E-state index >= 15 is 0 Å². The lowest BCUT2D eigenvalue weighted by Crippen LogP contribution is -2.13. The SMILES string of the molecule is CCOc1ccccc1Nc1ncc(C(=O)Nc2cccc(NC(C)=O)c2)cn1. The third-order valence-electron chi connectivity index (χ3n) is 3.79. The van der Waals surface area contributed by atoms with Crippen molar-refractivity contribution in [2.24, 2.45) is 0 Å². The molecule has 3 N–H and O–H groups in total. The molecule has 0 saturated heterocycles. The van der Waals surface area contributed by atoms with E-state index in [0.29, 0.717) is 35.2 Å². The average molecular weight is 391 g/mol. The normalized spacial score (nSPS) is 10.1. The molecule has 0 aliphatic rings. The Bertz CT molecular complexity index is 1010. The second-order valence-electron chi connectivity index (χ2n) is 6.07. The third-order valence-corrected chi connectivity index (χ3v) is 3.79. The molecular formula is C21H21N5O3. The quantitative estimate of drug-likeness (QED) is 0.565. The molecule has 8 nitrogen and oxygen atoms in total. The zero-order chi connectivity index (χ0) is 20.6. The summed E-state index contributed by atoms with van der Waals surface area (Å²) in [5.74, 6) is 0.503. The van der Waals surface area contributed by atoms with Crippen LogP contribution in [0.15, 0.2) is 60.9 Å². The van der Waals surface area contributed by atoms with E-state index in [4.69, 9.17) is 4.74 Å². The molecule has 8 heteroatoms. The first-order chi connectivity index (χ1) is 14.0. The second-order valence-corrected chi connectivity index (χ2v) is 6.07. The van der Waals surface area contributed by atoms with Crippen molar-refractivity contribution in [1.82, 2.24) is 9.97 Å². The number of carbonyl (C=O) groups is 2. The molecule has 0 spiro atoms. The fraction of sp³-hybridized carbons (Fsp3) is 0.143. The van der Waals surface area contributed by atoms with Gasteiger partial charge in [-0.15, -0.1) is 0 Å². The maximum Gasteiger partial charge on any atom is 0.258 e. The number of hydrogen-bond donors (Lipinski definition) is 3. The van der Waals surface area contributed by atoms with Crippen molar-refractivity contribution >= 4 is 34.8 Å². The minimum atomic E-state index is -0.355. The first-order valence-corrected chi connectivity index (χ1v) is 9.05. The summed E-state index contributed by atoms with van der Waals surface area (Å²) in [7, 11) is 0. The van der Waals surface area contributed by atoms with Crippen molar-refractivity contribution in [3.8, 4) is 5.75 Å². The highest BCUT2D eigenvalue weighted by Gasteiger charge is 2.10. The Kier molecular flexibility index (Phi) is 6.36. The van der Waals surface area contributed by atoms with Crippen molar-refractivity contribution in [3.63, 3.8) is 0 Å². The van der Waals surface area contributed by atoms with Crippen LogP contribution in [0.25, 0.3) is 0 Å². The molecule has 0 bridgehead atoms. The zero-order valence-electron chi connectivity index (χ0n) is 16.1. The van der Waals surface area contributed by atoms with Gasteiger partial charge in [0.2, 0.25) is 11.9 Å². The number of aromatic nitrogens is 2. The van der Waals surface area contributed by atoms with Crippen molar-refractivity contribution < 1.29 is 14.3 Å². The minimum absolute atomic E-state index is 0.184. The highest BCUT2D eigenvalue weighted by Crippen LogP contribution is 2.26. The Morgan fingerprint density at radius 2 is 1.66 bits per heavy atom. The summed E-state index contributed by atoms with van der Waals surface area (Å²) >= 11 is 0. The van der Waals surface area contributed by atoms with Gasteiger partial charge >= 0.3 is 0 Å². The molecule has 0 fully saturated rings. The Hall–Kier alpha value is -3.94. The van der Waals surface area contributed by atoms with Gasteiger partial charge in [0.1, 0.15) is 5.75 Å². The molecule has 1 heterocycles. The molecule has 29 heavy (non-hydrogen) atoms. The van der Waals surface area contributed by atoms with E-state index in [1.165, 1.54) is 19.3 Å². The molecule has 1 aromatic heterocycles. The molecule has 0 aliphatic carbocycles. The molecule has 0 saturated carbocycles. The predicted molar refractivity (Wildman–Crippen MR) is 112 cm³/mol. The lowest BCUT2D eigenvalue weighted by atomic mass is 10.2. The standard InChI is InChI=1S/C21H21N5O3/c1-3-29-19-10-5-4-9-18(19)26-21-22-12-15(13-23-21)20(28)25-17-8-6-7-16(11-17)24-14(2)27/h4-13H,3H2,1-2H3,(H,24,27)(H,25,28)(H,22,23,26). The summed E-state index contributed by atoms with van der Waals surface area (Å²) in [6, 6.07) is 14.3. The Morgan fingerprint density at radius 1 is 0.966 bits per heavy atom. The molecule has 0 aliphatic heterocycles. The maximum atomic E-state index is 12.4. The van der Waals surface area contributed by atoms with Crippen LogP contribution in [0, 0.1) is 0 Å². The van der Waals surface area contributed by atoms with Gasteiger partial charge in [-0.25, -0.2) is 9.97 Å². The Morgan fingerprint density at radius 3 is 2.34 bits per heavy atom. The molecule has 0 atom stereocenters. The number of benzene rings is 2. The number of para-hydroxylation sites is 2. The smallest absolute Gasteiger partial charge is 0.258 e. The molecule has 0 radical (unpaired) electrons. The number of nitrogens with one attached hydrogen (secondary N) is 3. The van der Waals surface area contributed by atoms with Crippen LogP contribution in [0.1, 0.15) is 24.2 Å². The lowest BCUT2D eigenvalue weighted by molar-refractivity contribution is -0.114. The topological polar surface area (TPSA) is 105 Å². The highest BCUT2D eigenvalue weighted by atomic mass is 16.5. The predicted octanol–water partition coefficient (Wildman–Crippen LogP) is 3.83.